The largest absolute Gasteiger partial charge is 0.355 e. The quantitative estimate of drug-likeness (QED) is 0.377. The van der Waals surface area contributed by atoms with Gasteiger partial charge >= 0.3 is 0 Å². The number of benzene rings is 3. The molecule has 0 aliphatic carbocycles. The van der Waals surface area contributed by atoms with Gasteiger partial charge in [-0.25, -0.2) is 8.42 Å². The van der Waals surface area contributed by atoms with E-state index in [0.717, 1.165) is 32.8 Å². The molecule has 0 aliphatic rings. The van der Waals surface area contributed by atoms with Crippen molar-refractivity contribution in [1.82, 2.24) is 10.2 Å². The second kappa shape index (κ2) is 12.9. The van der Waals surface area contributed by atoms with Gasteiger partial charge in [-0.05, 0) is 61.2 Å². The van der Waals surface area contributed by atoms with Crippen molar-refractivity contribution in [2.75, 3.05) is 23.7 Å². The van der Waals surface area contributed by atoms with E-state index in [4.69, 9.17) is 11.6 Å². The Labute approximate surface area is 230 Å². The first-order chi connectivity index (χ1) is 18.0. The summed E-state index contributed by atoms with van der Waals surface area (Å²) in [5.41, 5.74) is 3.75. The van der Waals surface area contributed by atoms with Crippen LogP contribution in [0.3, 0.4) is 0 Å². The molecular weight excluding hydrogens is 522 g/mol. The Kier molecular flexibility index (Phi) is 9.94. The van der Waals surface area contributed by atoms with Crippen molar-refractivity contribution in [3.8, 4) is 0 Å². The lowest BCUT2D eigenvalue weighted by Crippen LogP contribution is -2.53. The lowest BCUT2D eigenvalue weighted by atomic mass is 10.0. The molecule has 0 aromatic heterocycles. The molecular formula is C29H34ClN3O4S. The zero-order chi connectivity index (χ0) is 27.9. The van der Waals surface area contributed by atoms with Gasteiger partial charge in [-0.2, -0.15) is 0 Å². The zero-order valence-corrected chi connectivity index (χ0v) is 23.7. The molecule has 0 radical (unpaired) electrons. The van der Waals surface area contributed by atoms with Crippen molar-refractivity contribution >= 4 is 39.1 Å². The standard InChI is InChI=1S/C29H34ClN3O4S/c1-5-31-29(35)27(18-23-11-7-6-8-12-23)32(19-24-14-16-25(30)17-15-24)28(34)20-33(38(4,36)37)26-13-9-10-21(2)22(26)3/h6-17,27H,5,18-20H2,1-4H3,(H,31,35)/t27-/m0/s1. The predicted molar refractivity (Wildman–Crippen MR) is 153 cm³/mol. The van der Waals surface area contributed by atoms with E-state index in [-0.39, 0.29) is 18.9 Å². The van der Waals surface area contributed by atoms with Gasteiger partial charge in [0.15, 0.2) is 0 Å². The summed E-state index contributed by atoms with van der Waals surface area (Å²) in [7, 11) is -3.81. The molecule has 0 fully saturated rings. The van der Waals surface area contributed by atoms with E-state index < -0.39 is 28.5 Å². The van der Waals surface area contributed by atoms with Crippen LogP contribution < -0.4 is 9.62 Å². The van der Waals surface area contributed by atoms with E-state index in [1.807, 2.05) is 57.2 Å². The van der Waals surface area contributed by atoms with Gasteiger partial charge < -0.3 is 10.2 Å². The van der Waals surface area contributed by atoms with E-state index in [9.17, 15) is 18.0 Å². The topological polar surface area (TPSA) is 86.8 Å². The lowest BCUT2D eigenvalue weighted by molar-refractivity contribution is -0.140. The maximum absolute atomic E-state index is 14.0. The summed E-state index contributed by atoms with van der Waals surface area (Å²) >= 11 is 6.07. The second-order valence-corrected chi connectivity index (χ2v) is 11.6. The molecule has 0 saturated heterocycles. The molecule has 1 N–H and O–H groups in total. The number of nitrogens with zero attached hydrogens (tertiary/aromatic N) is 2. The molecule has 0 aliphatic heterocycles. The minimum atomic E-state index is -3.81. The van der Waals surface area contributed by atoms with E-state index in [2.05, 4.69) is 5.32 Å². The Hall–Kier alpha value is -3.36. The Morgan fingerprint density at radius 3 is 2.18 bits per heavy atom. The normalized spacial score (nSPS) is 12.0. The van der Waals surface area contributed by atoms with Gasteiger partial charge in [0, 0.05) is 24.5 Å². The number of aryl methyl sites for hydroxylation is 1. The minimum Gasteiger partial charge on any atom is -0.355 e. The number of hydrogen-bond acceptors (Lipinski definition) is 4. The van der Waals surface area contributed by atoms with Gasteiger partial charge in [0.2, 0.25) is 21.8 Å². The van der Waals surface area contributed by atoms with Crippen molar-refractivity contribution in [2.45, 2.75) is 39.8 Å². The smallest absolute Gasteiger partial charge is 0.244 e. The van der Waals surface area contributed by atoms with Crippen molar-refractivity contribution < 1.29 is 18.0 Å². The number of hydrogen-bond donors (Lipinski definition) is 1. The first-order valence-corrected chi connectivity index (χ1v) is 14.6. The SMILES string of the molecule is CCNC(=O)[C@H](Cc1ccccc1)N(Cc1ccc(Cl)cc1)C(=O)CN(c1cccc(C)c1C)S(C)(=O)=O. The number of nitrogens with one attached hydrogen (secondary N) is 1. The monoisotopic (exact) mass is 555 g/mol. The second-order valence-electron chi connectivity index (χ2n) is 9.24. The molecule has 202 valence electrons. The fourth-order valence-corrected chi connectivity index (χ4v) is 5.26. The zero-order valence-electron chi connectivity index (χ0n) is 22.1. The summed E-state index contributed by atoms with van der Waals surface area (Å²) < 4.78 is 26.9. The van der Waals surface area contributed by atoms with Crippen LogP contribution in [0.5, 0.6) is 0 Å². The van der Waals surface area contributed by atoms with E-state index in [1.54, 1.807) is 36.4 Å². The van der Waals surface area contributed by atoms with Gasteiger partial charge in [0.25, 0.3) is 0 Å². The van der Waals surface area contributed by atoms with Gasteiger partial charge in [0.05, 0.1) is 11.9 Å². The highest BCUT2D eigenvalue weighted by molar-refractivity contribution is 7.92. The predicted octanol–water partition coefficient (Wildman–Crippen LogP) is 4.50. The summed E-state index contributed by atoms with van der Waals surface area (Å²) in [6, 6.07) is 20.9. The number of rotatable bonds is 11. The first kappa shape index (κ1) is 29.2. The number of sulfonamides is 1. The number of carbonyl (C=O) groups excluding carboxylic acids is 2. The van der Waals surface area contributed by atoms with Crippen LogP contribution in [-0.2, 0) is 32.6 Å². The molecule has 3 rings (SSSR count). The molecule has 7 nitrogen and oxygen atoms in total. The van der Waals surface area contributed by atoms with Crippen molar-refractivity contribution in [2.24, 2.45) is 0 Å². The van der Waals surface area contributed by atoms with E-state index in [0.29, 0.717) is 17.3 Å². The van der Waals surface area contributed by atoms with Crippen molar-refractivity contribution in [3.05, 3.63) is 100 Å². The lowest BCUT2D eigenvalue weighted by Gasteiger charge is -2.34. The molecule has 9 heteroatoms. The van der Waals surface area contributed by atoms with Gasteiger partial charge in [0.1, 0.15) is 12.6 Å². The van der Waals surface area contributed by atoms with E-state index >= 15 is 0 Å². The van der Waals surface area contributed by atoms with Crippen molar-refractivity contribution in [1.29, 1.82) is 0 Å². The third-order valence-electron chi connectivity index (χ3n) is 6.41. The molecule has 0 spiro atoms. The van der Waals surface area contributed by atoms with Gasteiger partial charge in [-0.3, -0.25) is 13.9 Å². The highest BCUT2D eigenvalue weighted by Crippen LogP contribution is 2.26. The molecule has 0 saturated carbocycles. The molecule has 0 unspecified atom stereocenters. The van der Waals surface area contributed by atoms with Crippen molar-refractivity contribution in [3.63, 3.8) is 0 Å². The van der Waals surface area contributed by atoms with Gasteiger partial charge in [-0.15, -0.1) is 0 Å². The summed E-state index contributed by atoms with van der Waals surface area (Å²) in [5.74, 6) is -0.797. The van der Waals surface area contributed by atoms with Crippen LogP contribution in [0.2, 0.25) is 5.02 Å². The highest BCUT2D eigenvalue weighted by atomic mass is 35.5. The molecule has 3 aromatic rings. The van der Waals surface area contributed by atoms with Gasteiger partial charge in [-0.1, -0.05) is 66.2 Å². The Morgan fingerprint density at radius 1 is 0.921 bits per heavy atom. The molecule has 3 aromatic carbocycles. The van der Waals surface area contributed by atoms with Crippen LogP contribution in [0, 0.1) is 13.8 Å². The van der Waals surface area contributed by atoms with Crippen LogP contribution in [0.15, 0.2) is 72.8 Å². The molecule has 0 bridgehead atoms. The van der Waals surface area contributed by atoms with Crippen LogP contribution >= 0.6 is 11.6 Å². The first-order valence-electron chi connectivity index (χ1n) is 12.4. The average Bonchev–Trinajstić information content (AvgIpc) is 2.87. The maximum Gasteiger partial charge on any atom is 0.244 e. The average molecular weight is 556 g/mol. The number of likely N-dealkylation sites (N-methyl/N-ethyl adjacent to an activating group) is 1. The fraction of sp³-hybridized carbons (Fsp3) is 0.310. The number of amides is 2. The van der Waals surface area contributed by atoms with Crippen LogP contribution in [0.4, 0.5) is 5.69 Å². The molecule has 38 heavy (non-hydrogen) atoms. The summed E-state index contributed by atoms with van der Waals surface area (Å²) in [5, 5.41) is 3.39. The summed E-state index contributed by atoms with van der Waals surface area (Å²) in [6.07, 6.45) is 1.35. The van der Waals surface area contributed by atoms with Crippen LogP contribution in [0.25, 0.3) is 0 Å². The third kappa shape index (κ3) is 7.58. The Morgan fingerprint density at radius 2 is 1.58 bits per heavy atom. The Balaban J connectivity index is 2.06. The van der Waals surface area contributed by atoms with E-state index in [1.165, 1.54) is 4.90 Å². The minimum absolute atomic E-state index is 0.106. The summed E-state index contributed by atoms with van der Waals surface area (Å²) in [4.78, 5) is 28.8. The summed E-state index contributed by atoms with van der Waals surface area (Å²) in [6.45, 7) is 5.58. The molecule has 2 amide bonds. The third-order valence-corrected chi connectivity index (χ3v) is 7.79. The Bertz CT molecular complexity index is 1360. The van der Waals surface area contributed by atoms with Crippen LogP contribution in [-0.4, -0.2) is 50.5 Å². The molecule has 0 heterocycles. The number of carbonyl (C=O) groups is 2. The number of anilines is 1. The maximum atomic E-state index is 14.0. The fourth-order valence-electron chi connectivity index (χ4n) is 4.23. The highest BCUT2D eigenvalue weighted by Gasteiger charge is 2.33. The van der Waals surface area contributed by atoms with Crippen LogP contribution in [0.1, 0.15) is 29.2 Å². The molecule has 1 atom stereocenters. The number of halogens is 1.